The van der Waals surface area contributed by atoms with Gasteiger partial charge in [0, 0.05) is 55.7 Å². The van der Waals surface area contributed by atoms with Crippen LogP contribution in [0.5, 0.6) is 0 Å². The number of amides is 1. The molecule has 5 rings (SSSR count). The van der Waals surface area contributed by atoms with Crippen LogP contribution in [0.25, 0.3) is 0 Å². The Kier molecular flexibility index (Phi) is 3.69. The predicted octanol–water partition coefficient (Wildman–Crippen LogP) is 2.25. The highest BCUT2D eigenvalue weighted by Gasteiger charge is 2.42. The van der Waals surface area contributed by atoms with Crippen molar-refractivity contribution in [2.75, 3.05) is 31.1 Å². The van der Waals surface area contributed by atoms with E-state index in [2.05, 4.69) is 26.1 Å². The van der Waals surface area contributed by atoms with Gasteiger partial charge in [-0.05, 0) is 19.8 Å². The number of aromatic nitrogens is 3. The largest absolute Gasteiger partial charge is 0.361 e. The zero-order valence-corrected chi connectivity index (χ0v) is 15.0. The average molecular weight is 353 g/mol. The number of hydrogen-bond donors (Lipinski definition) is 0. The Bertz CT molecular complexity index is 817. The van der Waals surface area contributed by atoms with Crippen molar-refractivity contribution in [3.63, 3.8) is 0 Å². The number of hydrogen-bond acceptors (Lipinski definition) is 6. The molecule has 7 heteroatoms. The molecule has 0 spiro atoms. The second kappa shape index (κ2) is 6.07. The van der Waals surface area contributed by atoms with Crippen LogP contribution < -0.4 is 4.90 Å². The molecule has 26 heavy (non-hydrogen) atoms. The number of carbonyl (C=O) groups excluding carboxylic acids is 1. The van der Waals surface area contributed by atoms with Gasteiger partial charge in [0.1, 0.15) is 23.5 Å². The first-order valence-corrected chi connectivity index (χ1v) is 9.46. The van der Waals surface area contributed by atoms with E-state index in [1.54, 1.807) is 13.3 Å². The minimum absolute atomic E-state index is 0.0407. The van der Waals surface area contributed by atoms with E-state index in [1.165, 1.54) is 31.2 Å². The molecular weight excluding hydrogens is 330 g/mol. The molecule has 136 valence electrons. The van der Waals surface area contributed by atoms with Crippen LogP contribution in [-0.2, 0) is 0 Å². The molecule has 2 aromatic rings. The van der Waals surface area contributed by atoms with Crippen molar-refractivity contribution in [2.24, 2.45) is 11.8 Å². The summed E-state index contributed by atoms with van der Waals surface area (Å²) in [5.41, 5.74) is 1.78. The number of aryl methyl sites for hydroxylation is 1. The molecule has 2 unspecified atom stereocenters. The van der Waals surface area contributed by atoms with Crippen LogP contribution >= 0.6 is 0 Å². The lowest BCUT2D eigenvalue weighted by atomic mass is 9.83. The van der Waals surface area contributed by atoms with Gasteiger partial charge in [0.25, 0.3) is 5.91 Å². The van der Waals surface area contributed by atoms with Gasteiger partial charge < -0.3 is 14.3 Å². The third kappa shape index (κ3) is 2.57. The number of nitrogens with zero attached hydrogens (tertiary/aromatic N) is 5. The van der Waals surface area contributed by atoms with Crippen molar-refractivity contribution in [1.29, 1.82) is 0 Å². The summed E-state index contributed by atoms with van der Waals surface area (Å²) in [6, 6.07) is 2.17. The summed E-state index contributed by atoms with van der Waals surface area (Å²) in [6.45, 7) is 5.29. The number of anilines is 1. The van der Waals surface area contributed by atoms with E-state index in [-0.39, 0.29) is 5.91 Å². The van der Waals surface area contributed by atoms with Gasteiger partial charge in [-0.1, -0.05) is 11.6 Å². The normalized spacial score (nSPS) is 25.4. The van der Waals surface area contributed by atoms with Gasteiger partial charge in [0.05, 0.1) is 6.20 Å². The second-order valence-corrected chi connectivity index (χ2v) is 7.86. The number of carbonyl (C=O) groups is 1. The fourth-order valence-corrected chi connectivity index (χ4v) is 4.48. The quantitative estimate of drug-likeness (QED) is 0.842. The second-order valence-electron chi connectivity index (χ2n) is 7.86. The zero-order chi connectivity index (χ0) is 17.7. The predicted molar refractivity (Wildman–Crippen MR) is 95.0 cm³/mol. The third-order valence-electron chi connectivity index (χ3n) is 6.28. The van der Waals surface area contributed by atoms with Crippen molar-refractivity contribution in [1.82, 2.24) is 20.0 Å². The van der Waals surface area contributed by atoms with Gasteiger partial charge >= 0.3 is 0 Å². The monoisotopic (exact) mass is 353 g/mol. The first kappa shape index (κ1) is 15.8. The van der Waals surface area contributed by atoms with Crippen molar-refractivity contribution >= 4 is 11.7 Å². The molecule has 0 aromatic carbocycles. The molecule has 4 heterocycles. The van der Waals surface area contributed by atoms with Crippen molar-refractivity contribution in [2.45, 2.75) is 32.1 Å². The van der Waals surface area contributed by atoms with Gasteiger partial charge in [-0.15, -0.1) is 0 Å². The highest BCUT2D eigenvalue weighted by Crippen LogP contribution is 2.38. The lowest BCUT2D eigenvalue weighted by molar-refractivity contribution is 0.0781. The van der Waals surface area contributed by atoms with Gasteiger partial charge in [-0.2, -0.15) is 0 Å². The summed E-state index contributed by atoms with van der Waals surface area (Å²) >= 11 is 0. The number of likely N-dealkylation sites (tertiary alicyclic amines) is 1. The molecule has 2 aliphatic heterocycles. The van der Waals surface area contributed by atoms with E-state index >= 15 is 0 Å². The molecule has 1 aliphatic carbocycles. The lowest BCUT2D eigenvalue weighted by Crippen LogP contribution is -2.33. The van der Waals surface area contributed by atoms with Gasteiger partial charge in [0.15, 0.2) is 0 Å². The van der Waals surface area contributed by atoms with E-state index < -0.39 is 0 Å². The Labute approximate surface area is 152 Å². The first-order chi connectivity index (χ1) is 12.7. The molecule has 0 bridgehead atoms. The zero-order valence-electron chi connectivity index (χ0n) is 15.0. The molecule has 2 atom stereocenters. The highest BCUT2D eigenvalue weighted by molar-refractivity contribution is 5.95. The molecule has 2 aromatic heterocycles. The number of rotatable bonds is 3. The van der Waals surface area contributed by atoms with Crippen LogP contribution in [0.2, 0.25) is 0 Å². The maximum atomic E-state index is 12.7. The van der Waals surface area contributed by atoms with E-state index in [4.69, 9.17) is 4.52 Å². The average Bonchev–Trinajstić information content (AvgIpc) is 3.27. The third-order valence-corrected chi connectivity index (χ3v) is 6.28. The Morgan fingerprint density at radius 3 is 2.54 bits per heavy atom. The molecule has 2 saturated heterocycles. The van der Waals surface area contributed by atoms with Gasteiger partial charge in [-0.3, -0.25) is 4.79 Å². The van der Waals surface area contributed by atoms with Crippen LogP contribution in [0.15, 0.2) is 23.1 Å². The molecule has 1 amide bonds. The van der Waals surface area contributed by atoms with E-state index in [0.717, 1.165) is 32.0 Å². The minimum Gasteiger partial charge on any atom is -0.361 e. The maximum absolute atomic E-state index is 12.7. The molecular formula is C19H23N5O2. The lowest BCUT2D eigenvalue weighted by Gasteiger charge is -2.26. The highest BCUT2D eigenvalue weighted by atomic mass is 16.5. The minimum atomic E-state index is 0.0407. The Balaban J connectivity index is 1.26. The molecule has 0 N–H and O–H groups in total. The molecule has 1 saturated carbocycles. The Morgan fingerprint density at radius 2 is 1.92 bits per heavy atom. The summed E-state index contributed by atoms with van der Waals surface area (Å²) in [5.74, 6) is 3.31. The van der Waals surface area contributed by atoms with Crippen molar-refractivity contribution < 1.29 is 9.32 Å². The van der Waals surface area contributed by atoms with Crippen LogP contribution in [0.1, 0.15) is 47.0 Å². The van der Waals surface area contributed by atoms with Crippen LogP contribution in [0, 0.1) is 18.8 Å². The molecule has 0 radical (unpaired) electrons. The maximum Gasteiger partial charge on any atom is 0.259 e. The van der Waals surface area contributed by atoms with Gasteiger partial charge in [-0.25, -0.2) is 9.97 Å². The van der Waals surface area contributed by atoms with E-state index in [9.17, 15) is 4.79 Å². The van der Waals surface area contributed by atoms with Crippen LogP contribution in [-0.4, -0.2) is 52.1 Å². The summed E-state index contributed by atoms with van der Waals surface area (Å²) in [5, 5.41) is 3.73. The SMILES string of the molecule is Cc1oncc1C(=O)N1CC2CN(c3cc(C4CCC4)ncn3)CC2C1. The van der Waals surface area contributed by atoms with Crippen LogP contribution in [0.3, 0.4) is 0 Å². The van der Waals surface area contributed by atoms with Crippen molar-refractivity contribution in [3.05, 3.63) is 35.6 Å². The van der Waals surface area contributed by atoms with E-state index in [1.807, 2.05) is 4.90 Å². The number of fused-ring (bicyclic) bond motifs is 1. The Hall–Kier alpha value is -2.44. The fraction of sp³-hybridized carbons (Fsp3) is 0.579. The summed E-state index contributed by atoms with van der Waals surface area (Å²) in [6.07, 6.45) is 7.05. The summed E-state index contributed by atoms with van der Waals surface area (Å²) in [7, 11) is 0. The Morgan fingerprint density at radius 1 is 1.15 bits per heavy atom. The first-order valence-electron chi connectivity index (χ1n) is 9.46. The fourth-order valence-electron chi connectivity index (χ4n) is 4.48. The van der Waals surface area contributed by atoms with E-state index in [0.29, 0.717) is 29.1 Å². The van der Waals surface area contributed by atoms with Crippen molar-refractivity contribution in [3.8, 4) is 0 Å². The molecule has 3 aliphatic rings. The summed E-state index contributed by atoms with van der Waals surface area (Å²) in [4.78, 5) is 26.0. The smallest absolute Gasteiger partial charge is 0.259 e. The standard InChI is InChI=1S/C19H23N5O2/c1-12-16(6-22-26-12)19(25)24-9-14-7-23(8-15(14)10-24)18-5-17(20-11-21-18)13-3-2-4-13/h5-6,11,13-15H,2-4,7-10H2,1H3. The van der Waals surface area contributed by atoms with Crippen LogP contribution in [0.4, 0.5) is 5.82 Å². The molecule has 7 nitrogen and oxygen atoms in total. The topological polar surface area (TPSA) is 75.4 Å². The molecule has 3 fully saturated rings. The summed E-state index contributed by atoms with van der Waals surface area (Å²) < 4.78 is 5.04. The van der Waals surface area contributed by atoms with Gasteiger partial charge in [0.2, 0.25) is 0 Å².